The number of nitrogens with zero attached hydrogens (tertiary/aromatic N) is 1. The zero-order valence-corrected chi connectivity index (χ0v) is 17.0. The van der Waals surface area contributed by atoms with Crippen LogP contribution in [0.1, 0.15) is 11.1 Å². The van der Waals surface area contributed by atoms with E-state index in [2.05, 4.69) is 17.2 Å². The van der Waals surface area contributed by atoms with Crippen molar-refractivity contribution in [2.45, 2.75) is 12.5 Å². The van der Waals surface area contributed by atoms with E-state index in [0.29, 0.717) is 13.0 Å². The second-order valence-corrected chi connectivity index (χ2v) is 6.54. The van der Waals surface area contributed by atoms with E-state index >= 15 is 0 Å². The molecule has 6 heteroatoms. The molecule has 0 aliphatic heterocycles. The van der Waals surface area contributed by atoms with Crippen molar-refractivity contribution in [2.75, 3.05) is 34.4 Å². The molecular weight excluding hydrogens is 368 g/mol. The summed E-state index contributed by atoms with van der Waals surface area (Å²) in [4.78, 5) is 26.2. The Morgan fingerprint density at radius 1 is 1.07 bits per heavy atom. The van der Waals surface area contributed by atoms with Crippen LogP contribution < -0.4 is 10.1 Å². The van der Waals surface area contributed by atoms with Crippen LogP contribution in [0.25, 0.3) is 0 Å². The topological polar surface area (TPSA) is 67.9 Å². The molecule has 1 amide bonds. The molecule has 0 aromatic heterocycles. The number of likely N-dealkylation sites (N-methyl/N-ethyl adjacent to an activating group) is 1. The van der Waals surface area contributed by atoms with Gasteiger partial charge in [-0.3, -0.25) is 9.69 Å². The summed E-state index contributed by atoms with van der Waals surface area (Å²) in [5.74, 6) is 6.13. The van der Waals surface area contributed by atoms with E-state index < -0.39 is 12.0 Å². The van der Waals surface area contributed by atoms with E-state index in [9.17, 15) is 9.59 Å². The molecule has 1 atom stereocenters. The van der Waals surface area contributed by atoms with Gasteiger partial charge in [-0.05, 0) is 36.9 Å². The third kappa shape index (κ3) is 7.68. The van der Waals surface area contributed by atoms with Crippen molar-refractivity contribution >= 4 is 11.9 Å². The van der Waals surface area contributed by atoms with Crippen LogP contribution in [0.15, 0.2) is 54.6 Å². The fraction of sp³-hybridized carbons (Fsp3) is 0.304. The first-order valence-corrected chi connectivity index (χ1v) is 9.24. The third-order valence-electron chi connectivity index (χ3n) is 4.19. The molecule has 0 aliphatic carbocycles. The van der Waals surface area contributed by atoms with Gasteiger partial charge in [0.1, 0.15) is 11.8 Å². The minimum atomic E-state index is -0.728. The molecule has 0 saturated heterocycles. The molecule has 1 N–H and O–H groups in total. The zero-order valence-electron chi connectivity index (χ0n) is 17.0. The van der Waals surface area contributed by atoms with Gasteiger partial charge in [-0.2, -0.15) is 0 Å². The minimum Gasteiger partial charge on any atom is -0.497 e. The maximum atomic E-state index is 12.4. The summed E-state index contributed by atoms with van der Waals surface area (Å²) in [6, 6.07) is 16.2. The van der Waals surface area contributed by atoms with Crippen molar-refractivity contribution in [3.63, 3.8) is 0 Å². The fourth-order valence-corrected chi connectivity index (χ4v) is 2.68. The Bertz CT molecular complexity index is 854. The number of methoxy groups -OCH3 is 2. The first-order valence-electron chi connectivity index (χ1n) is 9.24. The molecule has 152 valence electrons. The third-order valence-corrected chi connectivity index (χ3v) is 4.19. The number of rotatable bonds is 8. The summed E-state index contributed by atoms with van der Waals surface area (Å²) in [5, 5.41) is 2.75. The molecule has 0 unspecified atom stereocenters. The van der Waals surface area contributed by atoms with Gasteiger partial charge in [0.2, 0.25) is 5.91 Å². The number of benzene rings is 2. The number of nitrogens with one attached hydrogen (secondary N) is 1. The first kappa shape index (κ1) is 22.0. The molecule has 6 nitrogen and oxygen atoms in total. The first-order chi connectivity index (χ1) is 14.0. The lowest BCUT2D eigenvalue weighted by atomic mass is 10.1. The number of carbonyl (C=O) groups excluding carboxylic acids is 2. The van der Waals surface area contributed by atoms with E-state index in [0.717, 1.165) is 16.9 Å². The van der Waals surface area contributed by atoms with Gasteiger partial charge in [0, 0.05) is 12.0 Å². The zero-order chi connectivity index (χ0) is 21.1. The molecule has 2 aromatic rings. The van der Waals surface area contributed by atoms with Crippen molar-refractivity contribution in [1.82, 2.24) is 10.2 Å². The smallest absolute Gasteiger partial charge is 0.328 e. The van der Waals surface area contributed by atoms with E-state index in [-0.39, 0.29) is 12.5 Å². The lowest BCUT2D eigenvalue weighted by Crippen LogP contribution is -2.46. The fourth-order valence-electron chi connectivity index (χ4n) is 2.68. The number of hydrogen-bond donors (Lipinski definition) is 1. The normalized spacial score (nSPS) is 11.2. The van der Waals surface area contributed by atoms with Gasteiger partial charge in [0.25, 0.3) is 0 Å². The lowest BCUT2D eigenvalue weighted by Gasteiger charge is -2.19. The van der Waals surface area contributed by atoms with Crippen LogP contribution >= 0.6 is 0 Å². The molecule has 0 bridgehead atoms. The van der Waals surface area contributed by atoms with E-state index in [1.54, 1.807) is 19.1 Å². The van der Waals surface area contributed by atoms with Gasteiger partial charge >= 0.3 is 5.97 Å². The van der Waals surface area contributed by atoms with E-state index in [1.165, 1.54) is 7.11 Å². The average molecular weight is 394 g/mol. The molecule has 0 radical (unpaired) electrons. The van der Waals surface area contributed by atoms with Crippen LogP contribution in [0.4, 0.5) is 0 Å². The molecule has 2 aromatic carbocycles. The van der Waals surface area contributed by atoms with Crippen LogP contribution in [0.2, 0.25) is 0 Å². The molecule has 0 spiro atoms. The average Bonchev–Trinajstić information content (AvgIpc) is 2.73. The summed E-state index contributed by atoms with van der Waals surface area (Å²) in [5.41, 5.74) is 1.82. The Labute approximate surface area is 171 Å². The highest BCUT2D eigenvalue weighted by Crippen LogP contribution is 2.10. The number of esters is 1. The van der Waals surface area contributed by atoms with Crippen molar-refractivity contribution in [1.29, 1.82) is 0 Å². The molecule has 29 heavy (non-hydrogen) atoms. The predicted molar refractivity (Wildman–Crippen MR) is 111 cm³/mol. The van der Waals surface area contributed by atoms with Gasteiger partial charge in [0.05, 0.1) is 27.3 Å². The SMILES string of the molecule is COC(=O)[C@@H](Cc1ccccc1)NC(=O)CN(C)CC#Cc1ccc(OC)cc1. The predicted octanol–water partition coefficient (Wildman–Crippen LogP) is 1.88. The Kier molecular flexibility index (Phi) is 8.74. The summed E-state index contributed by atoms with van der Waals surface area (Å²) < 4.78 is 9.94. The monoisotopic (exact) mass is 394 g/mol. The van der Waals surface area contributed by atoms with Gasteiger partial charge in [-0.1, -0.05) is 42.2 Å². The minimum absolute atomic E-state index is 0.125. The van der Waals surface area contributed by atoms with Gasteiger partial charge < -0.3 is 14.8 Å². The van der Waals surface area contributed by atoms with Crippen LogP contribution in [0.3, 0.4) is 0 Å². The van der Waals surface area contributed by atoms with Gasteiger partial charge in [-0.15, -0.1) is 0 Å². The highest BCUT2D eigenvalue weighted by molar-refractivity contribution is 5.85. The van der Waals surface area contributed by atoms with Crippen molar-refractivity contribution in [3.8, 4) is 17.6 Å². The summed E-state index contributed by atoms with van der Waals surface area (Å²) in [6.07, 6.45) is 0.375. The molecule has 2 rings (SSSR count). The molecular formula is C23H26N2O4. The number of ether oxygens (including phenoxy) is 2. The van der Waals surface area contributed by atoms with Gasteiger partial charge in [0.15, 0.2) is 0 Å². The summed E-state index contributed by atoms with van der Waals surface area (Å²) in [7, 11) is 4.73. The second kappa shape index (κ2) is 11.5. The summed E-state index contributed by atoms with van der Waals surface area (Å²) in [6.45, 7) is 0.542. The molecule has 0 saturated carbocycles. The Morgan fingerprint density at radius 2 is 1.76 bits per heavy atom. The Balaban J connectivity index is 1.86. The van der Waals surface area contributed by atoms with Gasteiger partial charge in [-0.25, -0.2) is 4.79 Å². The Morgan fingerprint density at radius 3 is 2.38 bits per heavy atom. The Hall–Kier alpha value is -3.30. The second-order valence-electron chi connectivity index (χ2n) is 6.54. The van der Waals surface area contributed by atoms with Crippen molar-refractivity contribution in [3.05, 3.63) is 65.7 Å². The number of carbonyl (C=O) groups is 2. The van der Waals surface area contributed by atoms with Crippen molar-refractivity contribution < 1.29 is 19.1 Å². The molecule has 0 fully saturated rings. The quantitative estimate of drug-likeness (QED) is 0.547. The molecule has 0 aliphatic rings. The largest absolute Gasteiger partial charge is 0.497 e. The van der Waals surface area contributed by atoms with Crippen LogP contribution in [-0.2, 0) is 20.7 Å². The van der Waals surface area contributed by atoms with Crippen LogP contribution in [0.5, 0.6) is 5.75 Å². The maximum absolute atomic E-state index is 12.4. The maximum Gasteiger partial charge on any atom is 0.328 e. The van der Waals surface area contributed by atoms with Crippen LogP contribution in [0, 0.1) is 11.8 Å². The standard InChI is InChI=1S/C23H26N2O4/c1-25(15-7-10-18-11-13-20(28-2)14-12-18)17-22(26)24-21(23(27)29-3)16-19-8-5-4-6-9-19/h4-6,8-9,11-14,21H,15-17H2,1-3H3,(H,24,26)/t21-/m1/s1. The van der Waals surface area contributed by atoms with E-state index in [4.69, 9.17) is 9.47 Å². The summed E-state index contributed by atoms with van der Waals surface area (Å²) >= 11 is 0. The molecule has 0 heterocycles. The lowest BCUT2D eigenvalue weighted by molar-refractivity contribution is -0.145. The number of amides is 1. The van der Waals surface area contributed by atoms with Crippen molar-refractivity contribution in [2.24, 2.45) is 0 Å². The van der Waals surface area contributed by atoms with E-state index in [1.807, 2.05) is 54.6 Å². The number of hydrogen-bond acceptors (Lipinski definition) is 5. The highest BCUT2D eigenvalue weighted by Gasteiger charge is 2.22. The van der Waals surface area contributed by atoms with Crippen LogP contribution in [-0.4, -0.2) is 57.2 Å². The highest BCUT2D eigenvalue weighted by atomic mass is 16.5.